The summed E-state index contributed by atoms with van der Waals surface area (Å²) in [4.78, 5) is 8.58. The molecule has 0 rings (SSSR count). The molecule has 4 heavy (non-hydrogen) atoms. The van der Waals surface area contributed by atoms with Crippen LogP contribution in [0.25, 0.3) is 0 Å². The first-order valence-corrected chi connectivity index (χ1v) is 0.569. The van der Waals surface area contributed by atoms with Crippen molar-refractivity contribution in [2.45, 2.75) is 0 Å². The maximum atomic E-state index is 8.58. The molecule has 0 unspecified atom stereocenters. The fourth-order valence-corrected chi connectivity index (χ4v) is 0. The van der Waals surface area contributed by atoms with E-state index < -0.39 is 0 Å². The summed E-state index contributed by atoms with van der Waals surface area (Å²) in [5.41, 5.74) is 4.17. The van der Waals surface area contributed by atoms with E-state index in [1.165, 1.54) is 0 Å². The summed E-state index contributed by atoms with van der Waals surface area (Å²) in [5.74, 6) is 0. The van der Waals surface area contributed by atoms with E-state index in [2.05, 4.69) is 5.73 Å². The molecule has 0 radical (unpaired) electrons. The maximum absolute atomic E-state index is 8.58. The number of carbonyl (C=O) groups excluding carboxylic acids is 1. The van der Waals surface area contributed by atoms with Crippen LogP contribution in [0.1, 0.15) is 0 Å². The Morgan fingerprint density at radius 1 is 1.75 bits per heavy atom. The second kappa shape index (κ2) is 12.3. The number of carbonyl (C=O) groups is 1. The number of hydrogen-bond acceptors (Lipinski definition) is 1. The van der Waals surface area contributed by atoms with E-state index in [0.29, 0.717) is 0 Å². The van der Waals surface area contributed by atoms with Crippen LogP contribution in [-0.2, 0) is 21.3 Å². The van der Waals surface area contributed by atoms with Gasteiger partial charge in [-0.25, -0.2) is 0 Å². The van der Waals surface area contributed by atoms with Gasteiger partial charge in [0.15, 0.2) is 0 Å². The molecule has 0 aromatic carbocycles. The van der Waals surface area contributed by atoms with Gasteiger partial charge in [-0.15, -0.1) is 0 Å². The summed E-state index contributed by atoms with van der Waals surface area (Å²) in [5, 5.41) is 0. The predicted molar refractivity (Wildman–Crippen MR) is 10.3 cm³/mol. The molecule has 0 aliphatic rings. The third kappa shape index (κ3) is 1370. The van der Waals surface area contributed by atoms with Crippen LogP contribution in [0.4, 0.5) is 0 Å². The zero-order valence-corrected chi connectivity index (χ0v) is 2.87. The fraction of sp³-hybridized carbons (Fsp3) is 0. The Kier molecular flexibility index (Phi) is 27.8. The topological polar surface area (TPSA) is 43.1 Å². The molecule has 3 heteroatoms. The monoisotopic (exact) mass is 103 g/mol. The SMILES string of the molecule is NC=O.[Ni]. The molecular formula is CH3NNiO. The zero-order valence-electron chi connectivity index (χ0n) is 1.88. The number of hydrogen-bond donors (Lipinski definition) is 1. The molecule has 0 heterocycles. The van der Waals surface area contributed by atoms with Crippen LogP contribution in [0.5, 0.6) is 0 Å². The second-order valence-corrected chi connectivity index (χ2v) is 0.136. The molecule has 2 nitrogen and oxygen atoms in total. The Balaban J connectivity index is 0. The molecule has 0 fully saturated rings. The van der Waals surface area contributed by atoms with Gasteiger partial charge in [0.25, 0.3) is 0 Å². The van der Waals surface area contributed by atoms with E-state index in [1.807, 2.05) is 0 Å². The third-order valence-electron chi connectivity index (χ3n) is 0. The van der Waals surface area contributed by atoms with Crippen molar-refractivity contribution in [1.82, 2.24) is 0 Å². The minimum Gasteiger partial charge on any atom is -0.372 e. The van der Waals surface area contributed by atoms with Crippen molar-refractivity contribution in [2.75, 3.05) is 0 Å². The van der Waals surface area contributed by atoms with E-state index >= 15 is 0 Å². The van der Waals surface area contributed by atoms with Crippen molar-refractivity contribution in [2.24, 2.45) is 5.73 Å². The third-order valence-corrected chi connectivity index (χ3v) is 0. The Morgan fingerprint density at radius 2 is 1.75 bits per heavy atom. The quantitative estimate of drug-likeness (QED) is 0.314. The fourth-order valence-electron chi connectivity index (χ4n) is 0. The summed E-state index contributed by atoms with van der Waals surface area (Å²) in [6, 6.07) is 0. The van der Waals surface area contributed by atoms with Gasteiger partial charge in [-0.3, -0.25) is 4.79 Å². The normalized spacial score (nSPS) is 3.00. The van der Waals surface area contributed by atoms with Gasteiger partial charge < -0.3 is 5.73 Å². The van der Waals surface area contributed by atoms with Crippen LogP contribution in [0, 0.1) is 0 Å². The van der Waals surface area contributed by atoms with Crippen molar-refractivity contribution in [3.8, 4) is 0 Å². The van der Waals surface area contributed by atoms with Gasteiger partial charge in [0.1, 0.15) is 0 Å². The molecule has 0 bridgehead atoms. The molecular weight excluding hydrogens is 101 g/mol. The van der Waals surface area contributed by atoms with Gasteiger partial charge >= 0.3 is 0 Å². The predicted octanol–water partition coefficient (Wildman–Crippen LogP) is -0.901. The minimum absolute atomic E-state index is 0. The van der Waals surface area contributed by atoms with Crippen molar-refractivity contribution < 1.29 is 21.3 Å². The van der Waals surface area contributed by atoms with Crippen LogP contribution < -0.4 is 5.73 Å². The summed E-state index contributed by atoms with van der Waals surface area (Å²) >= 11 is 0. The average Bonchev–Trinajstić information content (AvgIpc) is 0.918. The van der Waals surface area contributed by atoms with Crippen LogP contribution in [-0.4, -0.2) is 6.41 Å². The van der Waals surface area contributed by atoms with Gasteiger partial charge in [-0.1, -0.05) is 0 Å². The van der Waals surface area contributed by atoms with Gasteiger partial charge in [0.2, 0.25) is 6.41 Å². The molecule has 2 N–H and O–H groups in total. The molecule has 0 aromatic heterocycles. The standard InChI is InChI=1S/CH3NO.Ni/c2-1-3;/h1H,(H2,2,3);. The van der Waals surface area contributed by atoms with Crippen molar-refractivity contribution in [3.05, 3.63) is 0 Å². The smallest absolute Gasteiger partial charge is 0.204 e. The summed E-state index contributed by atoms with van der Waals surface area (Å²) in [6.45, 7) is 0. The largest absolute Gasteiger partial charge is 0.372 e. The molecule has 1 amide bonds. The second-order valence-electron chi connectivity index (χ2n) is 0.136. The van der Waals surface area contributed by atoms with Crippen molar-refractivity contribution in [3.63, 3.8) is 0 Å². The Bertz CT molecular complexity index is 15.5. The maximum Gasteiger partial charge on any atom is 0.204 e. The molecule has 0 spiro atoms. The van der Waals surface area contributed by atoms with Crippen LogP contribution in [0.3, 0.4) is 0 Å². The molecule has 0 aromatic rings. The van der Waals surface area contributed by atoms with E-state index in [0.717, 1.165) is 0 Å². The molecule has 0 atom stereocenters. The van der Waals surface area contributed by atoms with E-state index in [1.54, 1.807) is 0 Å². The Morgan fingerprint density at radius 3 is 1.75 bits per heavy atom. The van der Waals surface area contributed by atoms with Gasteiger partial charge in [0, 0.05) is 16.5 Å². The Hall–Kier alpha value is -0.0365. The van der Waals surface area contributed by atoms with Crippen molar-refractivity contribution >= 4 is 6.41 Å². The van der Waals surface area contributed by atoms with Crippen LogP contribution in [0.2, 0.25) is 0 Å². The summed E-state index contributed by atoms with van der Waals surface area (Å²) in [6.07, 6.45) is 0.250. The Labute approximate surface area is 34.3 Å². The number of amides is 1. The summed E-state index contributed by atoms with van der Waals surface area (Å²) < 4.78 is 0. The average molecular weight is 104 g/mol. The van der Waals surface area contributed by atoms with E-state index in [9.17, 15) is 0 Å². The molecule has 0 saturated heterocycles. The number of primary amides is 1. The zero-order chi connectivity index (χ0) is 2.71. The molecule has 28 valence electrons. The first-order chi connectivity index (χ1) is 1.41. The van der Waals surface area contributed by atoms with Crippen LogP contribution in [0.15, 0.2) is 0 Å². The van der Waals surface area contributed by atoms with Crippen molar-refractivity contribution in [1.29, 1.82) is 0 Å². The van der Waals surface area contributed by atoms with Gasteiger partial charge in [-0.05, 0) is 0 Å². The molecule has 0 aliphatic carbocycles. The summed E-state index contributed by atoms with van der Waals surface area (Å²) in [7, 11) is 0. The van der Waals surface area contributed by atoms with E-state index in [4.69, 9.17) is 4.79 Å². The van der Waals surface area contributed by atoms with Gasteiger partial charge in [0.05, 0.1) is 0 Å². The first kappa shape index (κ1) is 9.03. The van der Waals surface area contributed by atoms with Gasteiger partial charge in [-0.2, -0.15) is 0 Å². The minimum atomic E-state index is 0. The molecule has 0 aliphatic heterocycles. The van der Waals surface area contributed by atoms with E-state index in [-0.39, 0.29) is 22.9 Å². The van der Waals surface area contributed by atoms with Crippen LogP contribution >= 0.6 is 0 Å². The number of nitrogens with two attached hydrogens (primary N) is 1. The number of rotatable bonds is 0. The molecule has 0 saturated carbocycles. The first-order valence-electron chi connectivity index (χ1n) is 0.569.